The van der Waals surface area contributed by atoms with Gasteiger partial charge in [-0.2, -0.15) is 18.4 Å². The Morgan fingerprint density at radius 1 is 1.35 bits per heavy atom. The second kappa shape index (κ2) is 7.13. The maximum atomic E-state index is 13.0. The first-order valence-corrected chi connectivity index (χ1v) is 7.87. The molecule has 0 radical (unpaired) electrons. The molecular weight excluding hydrogens is 349 g/mol. The molecule has 1 unspecified atom stereocenters. The Hall–Kier alpha value is -2.93. The van der Waals surface area contributed by atoms with Crippen LogP contribution in [-0.4, -0.2) is 39.8 Å². The maximum Gasteiger partial charge on any atom is 0.417 e. The molecule has 0 saturated carbocycles. The highest BCUT2D eigenvalue weighted by Gasteiger charge is 2.35. The molecule has 0 bridgehead atoms. The van der Waals surface area contributed by atoms with Crippen LogP contribution in [0, 0.1) is 11.3 Å². The molecule has 0 aliphatic carbocycles. The number of rotatable bonds is 5. The quantitative estimate of drug-likeness (QED) is 0.698. The standard InChI is InChI=1S/C16H15F3N6O/c17-16(18,19)10-4-11-12(8-23-14(11)22-7-10)13-9(5-20)6-24-15(25-13)21-2-1-3-26/h4,6-7,12,26H,1-3,8H2,(H,22,23)(H,21,24,25). The summed E-state index contributed by atoms with van der Waals surface area (Å²) in [5.74, 6) is 0.0527. The van der Waals surface area contributed by atoms with Gasteiger partial charge in [0.15, 0.2) is 0 Å². The summed E-state index contributed by atoms with van der Waals surface area (Å²) >= 11 is 0. The number of alkyl halides is 3. The SMILES string of the molecule is N#Cc1cnc(NCCCO)nc1C1CNc2ncc(C(F)(F)F)cc21. The zero-order valence-corrected chi connectivity index (χ0v) is 13.5. The molecule has 1 aliphatic rings. The number of nitrogens with one attached hydrogen (secondary N) is 2. The molecule has 2 aromatic rings. The minimum atomic E-state index is -4.50. The molecule has 2 aromatic heterocycles. The van der Waals surface area contributed by atoms with Crippen LogP contribution in [0.3, 0.4) is 0 Å². The van der Waals surface area contributed by atoms with Crippen molar-refractivity contribution in [3.8, 4) is 6.07 Å². The monoisotopic (exact) mass is 364 g/mol. The summed E-state index contributed by atoms with van der Waals surface area (Å²) in [4.78, 5) is 12.2. The second-order valence-electron chi connectivity index (χ2n) is 5.70. The van der Waals surface area contributed by atoms with Crippen molar-refractivity contribution in [1.29, 1.82) is 5.26 Å². The van der Waals surface area contributed by atoms with Crippen molar-refractivity contribution < 1.29 is 18.3 Å². The fraction of sp³-hybridized carbons (Fsp3) is 0.375. The normalized spacial score (nSPS) is 15.9. The van der Waals surface area contributed by atoms with E-state index in [-0.39, 0.29) is 24.7 Å². The van der Waals surface area contributed by atoms with Crippen LogP contribution in [0.25, 0.3) is 0 Å². The minimum absolute atomic E-state index is 0.00193. The number of anilines is 2. The Labute approximate surface area is 146 Å². The number of pyridine rings is 1. The summed E-state index contributed by atoms with van der Waals surface area (Å²) in [7, 11) is 0. The zero-order valence-electron chi connectivity index (χ0n) is 13.5. The molecule has 3 N–H and O–H groups in total. The Bertz CT molecular complexity index is 849. The van der Waals surface area contributed by atoms with Crippen LogP contribution in [0.1, 0.15) is 34.7 Å². The summed E-state index contributed by atoms with van der Waals surface area (Å²) in [5, 5.41) is 24.0. The van der Waals surface area contributed by atoms with Crippen LogP contribution < -0.4 is 10.6 Å². The number of aromatic nitrogens is 3. The molecule has 0 amide bonds. The van der Waals surface area contributed by atoms with Gasteiger partial charge in [0, 0.05) is 37.4 Å². The van der Waals surface area contributed by atoms with Crippen molar-refractivity contribution >= 4 is 11.8 Å². The molecule has 10 heteroatoms. The van der Waals surface area contributed by atoms with Crippen LogP contribution in [0.2, 0.25) is 0 Å². The average Bonchev–Trinajstić information content (AvgIpc) is 3.04. The Balaban J connectivity index is 1.98. The molecular formula is C16H15F3N6O. The van der Waals surface area contributed by atoms with Crippen molar-refractivity contribution in [3.05, 3.63) is 40.8 Å². The predicted octanol–water partition coefficient (Wildman–Crippen LogP) is 2.11. The van der Waals surface area contributed by atoms with Gasteiger partial charge in [-0.1, -0.05) is 0 Å². The van der Waals surface area contributed by atoms with E-state index in [4.69, 9.17) is 5.11 Å². The number of nitriles is 1. The predicted molar refractivity (Wildman–Crippen MR) is 86.5 cm³/mol. The van der Waals surface area contributed by atoms with Gasteiger partial charge in [0.05, 0.1) is 23.0 Å². The molecule has 7 nitrogen and oxygen atoms in total. The molecule has 3 heterocycles. The van der Waals surface area contributed by atoms with E-state index in [1.807, 2.05) is 6.07 Å². The summed E-state index contributed by atoms with van der Waals surface area (Å²) in [5.41, 5.74) is 0.0197. The highest BCUT2D eigenvalue weighted by Crippen LogP contribution is 2.39. The van der Waals surface area contributed by atoms with Crippen LogP contribution in [0.4, 0.5) is 24.9 Å². The van der Waals surface area contributed by atoms with Gasteiger partial charge in [0.2, 0.25) is 5.95 Å². The lowest BCUT2D eigenvalue weighted by atomic mass is 9.95. The van der Waals surface area contributed by atoms with Crippen molar-refractivity contribution in [2.45, 2.75) is 18.5 Å². The summed E-state index contributed by atoms with van der Waals surface area (Å²) in [6.07, 6.45) is -1.90. The van der Waals surface area contributed by atoms with Crippen molar-refractivity contribution in [2.24, 2.45) is 0 Å². The fourth-order valence-electron chi connectivity index (χ4n) is 2.71. The van der Waals surface area contributed by atoms with Crippen molar-refractivity contribution in [2.75, 3.05) is 30.3 Å². The Morgan fingerprint density at radius 3 is 2.85 bits per heavy atom. The molecule has 0 aromatic carbocycles. The van der Waals surface area contributed by atoms with Gasteiger partial charge in [-0.25, -0.2) is 15.0 Å². The number of aliphatic hydroxyl groups excluding tert-OH is 1. The third kappa shape index (κ3) is 3.52. The lowest BCUT2D eigenvalue weighted by Gasteiger charge is -2.14. The van der Waals surface area contributed by atoms with E-state index in [2.05, 4.69) is 25.6 Å². The number of aliphatic hydroxyl groups is 1. The topological polar surface area (TPSA) is 107 Å². The Kier molecular flexibility index (Phi) is 4.90. The van der Waals surface area contributed by atoms with Gasteiger partial charge >= 0.3 is 6.18 Å². The van der Waals surface area contributed by atoms with E-state index in [1.54, 1.807) is 0 Å². The molecule has 0 fully saturated rings. The molecule has 136 valence electrons. The van der Waals surface area contributed by atoms with Gasteiger partial charge in [0.1, 0.15) is 11.9 Å². The number of hydrogen-bond acceptors (Lipinski definition) is 7. The van der Waals surface area contributed by atoms with Crippen molar-refractivity contribution in [3.63, 3.8) is 0 Å². The molecule has 26 heavy (non-hydrogen) atoms. The molecule has 1 atom stereocenters. The number of halogens is 3. The molecule has 1 aliphatic heterocycles. The summed E-state index contributed by atoms with van der Waals surface area (Å²) in [6.45, 7) is 0.717. The van der Waals surface area contributed by atoms with E-state index in [9.17, 15) is 18.4 Å². The first-order chi connectivity index (χ1) is 12.4. The largest absolute Gasteiger partial charge is 0.417 e. The highest BCUT2D eigenvalue weighted by atomic mass is 19.4. The average molecular weight is 364 g/mol. The lowest BCUT2D eigenvalue weighted by Crippen LogP contribution is -2.13. The van der Waals surface area contributed by atoms with E-state index in [0.29, 0.717) is 30.0 Å². The Morgan fingerprint density at radius 2 is 2.15 bits per heavy atom. The van der Waals surface area contributed by atoms with Gasteiger partial charge in [-0.15, -0.1) is 0 Å². The van der Waals surface area contributed by atoms with Gasteiger partial charge in [-0.05, 0) is 12.5 Å². The molecule has 3 rings (SSSR count). The second-order valence-corrected chi connectivity index (χ2v) is 5.70. The molecule has 0 spiro atoms. The van der Waals surface area contributed by atoms with Gasteiger partial charge in [0.25, 0.3) is 0 Å². The van der Waals surface area contributed by atoms with E-state index >= 15 is 0 Å². The summed E-state index contributed by atoms with van der Waals surface area (Å²) in [6, 6.07) is 3.02. The number of nitrogens with zero attached hydrogens (tertiary/aromatic N) is 4. The third-order valence-corrected chi connectivity index (χ3v) is 3.98. The van der Waals surface area contributed by atoms with Crippen LogP contribution in [-0.2, 0) is 6.18 Å². The smallest absolute Gasteiger partial charge is 0.396 e. The van der Waals surface area contributed by atoms with Crippen LogP contribution in [0.5, 0.6) is 0 Å². The lowest BCUT2D eigenvalue weighted by molar-refractivity contribution is -0.137. The number of fused-ring (bicyclic) bond motifs is 1. The molecule has 0 saturated heterocycles. The first-order valence-electron chi connectivity index (χ1n) is 7.87. The maximum absolute atomic E-state index is 13.0. The highest BCUT2D eigenvalue weighted by molar-refractivity contribution is 5.58. The van der Waals surface area contributed by atoms with Gasteiger partial charge < -0.3 is 15.7 Å². The van der Waals surface area contributed by atoms with Crippen molar-refractivity contribution in [1.82, 2.24) is 15.0 Å². The zero-order chi connectivity index (χ0) is 18.7. The fourth-order valence-corrected chi connectivity index (χ4v) is 2.71. The minimum Gasteiger partial charge on any atom is -0.396 e. The third-order valence-electron chi connectivity index (χ3n) is 3.98. The van der Waals surface area contributed by atoms with Crippen LogP contribution >= 0.6 is 0 Å². The van der Waals surface area contributed by atoms with E-state index in [0.717, 1.165) is 12.3 Å². The number of hydrogen-bond donors (Lipinski definition) is 3. The van der Waals surface area contributed by atoms with E-state index in [1.165, 1.54) is 6.20 Å². The van der Waals surface area contributed by atoms with Gasteiger partial charge in [-0.3, -0.25) is 0 Å². The van der Waals surface area contributed by atoms with Crippen LogP contribution in [0.15, 0.2) is 18.5 Å². The van der Waals surface area contributed by atoms with E-state index < -0.39 is 17.7 Å². The summed E-state index contributed by atoms with van der Waals surface area (Å²) < 4.78 is 39.0. The first kappa shape index (κ1) is 17.9.